The zero-order valence-corrected chi connectivity index (χ0v) is 19.1. The normalized spacial score (nSPS) is 30.9. The maximum atomic E-state index is 13.6. The molecule has 4 aliphatic carbocycles. The summed E-state index contributed by atoms with van der Waals surface area (Å²) in [6, 6.07) is 14.5. The third kappa shape index (κ3) is 3.09. The Labute approximate surface area is 198 Å². The minimum absolute atomic E-state index is 0.102. The standard InChI is InChI=1S/C27H25ClN2O3/c1-2-15-7-9-16(10-8-15)29(25(31)19-5-3-4-6-22(19)28)14-30-26(32)23-17-11-12-18(21-13-20(17)21)24(23)27(30)33/h3-12,17-18,20-21,23-24H,2,13-14H2,1H3/t17-,18-,20-,21+,23+,24-/m1/s1. The first kappa shape index (κ1) is 20.7. The maximum absolute atomic E-state index is 13.6. The molecule has 2 aromatic rings. The number of halogens is 1. The minimum atomic E-state index is -0.329. The Morgan fingerprint density at radius 2 is 1.58 bits per heavy atom. The van der Waals surface area contributed by atoms with E-state index in [4.69, 9.17) is 11.6 Å². The highest BCUT2D eigenvalue weighted by Crippen LogP contribution is 2.65. The number of rotatable bonds is 5. The fourth-order valence-electron chi connectivity index (χ4n) is 6.25. The highest BCUT2D eigenvalue weighted by atomic mass is 35.5. The van der Waals surface area contributed by atoms with Crippen LogP contribution >= 0.6 is 11.6 Å². The van der Waals surface area contributed by atoms with Crippen molar-refractivity contribution < 1.29 is 14.4 Å². The van der Waals surface area contributed by atoms with Crippen molar-refractivity contribution in [1.82, 2.24) is 4.90 Å². The topological polar surface area (TPSA) is 57.7 Å². The van der Waals surface area contributed by atoms with Gasteiger partial charge in [-0.1, -0.05) is 54.9 Å². The number of carbonyl (C=O) groups is 3. The first-order chi connectivity index (χ1) is 16.0. The van der Waals surface area contributed by atoms with E-state index in [1.807, 2.05) is 24.3 Å². The van der Waals surface area contributed by atoms with Gasteiger partial charge in [0, 0.05) is 5.69 Å². The van der Waals surface area contributed by atoms with E-state index in [9.17, 15) is 14.4 Å². The lowest BCUT2D eigenvalue weighted by Gasteiger charge is -2.37. The third-order valence-electron chi connectivity index (χ3n) is 8.04. The molecular formula is C27H25ClN2O3. The van der Waals surface area contributed by atoms with E-state index in [2.05, 4.69) is 19.1 Å². The van der Waals surface area contributed by atoms with Crippen LogP contribution in [0.4, 0.5) is 5.69 Å². The Balaban J connectivity index is 1.35. The van der Waals surface area contributed by atoms with E-state index in [-0.39, 0.29) is 48.1 Å². The van der Waals surface area contributed by atoms with Gasteiger partial charge >= 0.3 is 0 Å². The Hall–Kier alpha value is -2.92. The van der Waals surface area contributed by atoms with Crippen LogP contribution < -0.4 is 4.90 Å². The molecule has 168 valence electrons. The lowest BCUT2D eigenvalue weighted by Crippen LogP contribution is -2.45. The van der Waals surface area contributed by atoms with Crippen LogP contribution in [0.2, 0.25) is 5.02 Å². The van der Waals surface area contributed by atoms with Crippen molar-refractivity contribution in [2.24, 2.45) is 35.5 Å². The van der Waals surface area contributed by atoms with Crippen LogP contribution in [0, 0.1) is 35.5 Å². The van der Waals surface area contributed by atoms with Crippen LogP contribution in [0.25, 0.3) is 0 Å². The molecule has 0 N–H and O–H groups in total. The summed E-state index contributed by atoms with van der Waals surface area (Å²) in [5.74, 6) is 0.219. The molecule has 0 spiro atoms. The second kappa shape index (κ2) is 7.56. The summed E-state index contributed by atoms with van der Waals surface area (Å²) in [4.78, 5) is 43.4. The second-order valence-electron chi connectivity index (χ2n) is 9.63. The zero-order chi connectivity index (χ0) is 22.9. The highest BCUT2D eigenvalue weighted by molar-refractivity contribution is 6.34. The molecule has 6 atom stereocenters. The summed E-state index contributed by atoms with van der Waals surface area (Å²) in [7, 11) is 0. The predicted octanol–water partition coefficient (Wildman–Crippen LogP) is 4.56. The summed E-state index contributed by atoms with van der Waals surface area (Å²) in [6.07, 6.45) is 6.32. The van der Waals surface area contributed by atoms with Gasteiger partial charge in [-0.3, -0.25) is 24.2 Å². The average molecular weight is 461 g/mol. The van der Waals surface area contributed by atoms with E-state index in [1.54, 1.807) is 24.3 Å². The zero-order valence-electron chi connectivity index (χ0n) is 18.4. The Morgan fingerprint density at radius 3 is 2.15 bits per heavy atom. The van der Waals surface area contributed by atoms with Crippen molar-refractivity contribution in [3.8, 4) is 0 Å². The van der Waals surface area contributed by atoms with Gasteiger partial charge in [0.25, 0.3) is 5.91 Å². The van der Waals surface area contributed by atoms with Crippen LogP contribution in [0.15, 0.2) is 60.7 Å². The molecule has 0 unspecified atom stereocenters. The average Bonchev–Trinajstić information content (AvgIpc) is 3.62. The fourth-order valence-corrected chi connectivity index (χ4v) is 6.47. The molecule has 1 saturated heterocycles. The molecule has 5 nitrogen and oxygen atoms in total. The van der Waals surface area contributed by atoms with Crippen LogP contribution in [0.3, 0.4) is 0 Å². The van der Waals surface area contributed by atoms with Gasteiger partial charge in [0.2, 0.25) is 11.8 Å². The molecule has 0 aromatic heterocycles. The largest absolute Gasteiger partial charge is 0.290 e. The fraction of sp³-hybridized carbons (Fsp3) is 0.370. The molecule has 5 aliphatic rings. The van der Waals surface area contributed by atoms with Gasteiger partial charge in [-0.05, 0) is 66.3 Å². The predicted molar refractivity (Wildman–Crippen MR) is 125 cm³/mol. The van der Waals surface area contributed by atoms with Crippen LogP contribution in [-0.4, -0.2) is 29.3 Å². The third-order valence-corrected chi connectivity index (χ3v) is 8.37. The summed E-state index contributed by atoms with van der Waals surface area (Å²) in [5, 5.41) is 0.341. The van der Waals surface area contributed by atoms with Crippen molar-refractivity contribution in [1.29, 1.82) is 0 Å². The van der Waals surface area contributed by atoms with E-state index in [1.165, 1.54) is 9.80 Å². The van der Waals surface area contributed by atoms with E-state index < -0.39 is 0 Å². The minimum Gasteiger partial charge on any atom is -0.290 e. The van der Waals surface area contributed by atoms with Crippen molar-refractivity contribution in [2.75, 3.05) is 11.6 Å². The number of hydrogen-bond acceptors (Lipinski definition) is 3. The number of amides is 3. The molecule has 1 aliphatic heterocycles. The number of carbonyl (C=O) groups excluding carboxylic acids is 3. The van der Waals surface area contributed by atoms with Crippen LogP contribution in [-0.2, 0) is 16.0 Å². The van der Waals surface area contributed by atoms with Crippen molar-refractivity contribution in [3.05, 3.63) is 76.8 Å². The monoisotopic (exact) mass is 460 g/mol. The molecule has 2 saturated carbocycles. The number of nitrogens with zero attached hydrogens (tertiary/aromatic N) is 2. The van der Waals surface area contributed by atoms with Crippen LogP contribution in [0.5, 0.6) is 0 Å². The molecule has 3 fully saturated rings. The summed E-state index contributed by atoms with van der Waals surface area (Å²) >= 11 is 6.34. The lowest BCUT2D eigenvalue weighted by atomic mass is 9.63. The quantitative estimate of drug-likeness (QED) is 0.485. The molecule has 7 rings (SSSR count). The molecule has 1 heterocycles. The molecule has 33 heavy (non-hydrogen) atoms. The number of aryl methyl sites for hydroxylation is 1. The van der Waals surface area contributed by atoms with Crippen LogP contribution in [0.1, 0.15) is 29.3 Å². The lowest BCUT2D eigenvalue weighted by molar-refractivity contribution is -0.140. The smallest absolute Gasteiger partial charge is 0.261 e. The highest BCUT2D eigenvalue weighted by Gasteiger charge is 2.67. The van der Waals surface area contributed by atoms with Gasteiger partial charge in [-0.25, -0.2) is 0 Å². The van der Waals surface area contributed by atoms with Gasteiger partial charge in [0.05, 0.1) is 22.4 Å². The van der Waals surface area contributed by atoms with Crippen molar-refractivity contribution >= 4 is 35.0 Å². The van der Waals surface area contributed by atoms with Crippen molar-refractivity contribution in [3.63, 3.8) is 0 Å². The molecule has 2 bridgehead atoms. The number of anilines is 1. The van der Waals surface area contributed by atoms with Gasteiger partial charge in [-0.15, -0.1) is 0 Å². The van der Waals surface area contributed by atoms with Gasteiger partial charge in [0.1, 0.15) is 6.67 Å². The molecule has 2 aromatic carbocycles. The van der Waals surface area contributed by atoms with E-state index >= 15 is 0 Å². The number of allylic oxidation sites excluding steroid dienone is 2. The summed E-state index contributed by atoms with van der Waals surface area (Å²) in [5.41, 5.74) is 2.12. The van der Waals surface area contributed by atoms with Gasteiger partial charge < -0.3 is 0 Å². The molecule has 6 heteroatoms. The summed E-state index contributed by atoms with van der Waals surface area (Å²) in [6.45, 7) is 1.97. The maximum Gasteiger partial charge on any atom is 0.261 e. The Kier molecular flexibility index (Phi) is 4.73. The molecular weight excluding hydrogens is 436 g/mol. The van der Waals surface area contributed by atoms with Gasteiger partial charge in [0.15, 0.2) is 0 Å². The first-order valence-electron chi connectivity index (χ1n) is 11.7. The SMILES string of the molecule is CCc1ccc(N(CN2C(=O)[C@@H]3[C@@H]4C=C[C@H]([C@H]5C[C@@H]45)[C@@H]3C2=O)C(=O)c2ccccc2Cl)cc1. The number of likely N-dealkylation sites (tertiary alicyclic amines) is 1. The first-order valence-corrected chi connectivity index (χ1v) is 12.1. The molecule has 0 radical (unpaired) electrons. The van der Waals surface area contributed by atoms with Crippen molar-refractivity contribution in [2.45, 2.75) is 19.8 Å². The Morgan fingerprint density at radius 1 is 0.970 bits per heavy atom. The van der Waals surface area contributed by atoms with Gasteiger partial charge in [-0.2, -0.15) is 0 Å². The Bertz CT molecular complexity index is 1150. The second-order valence-corrected chi connectivity index (χ2v) is 10.0. The number of benzene rings is 2. The summed E-state index contributed by atoms with van der Waals surface area (Å²) < 4.78 is 0. The van der Waals surface area contributed by atoms with E-state index in [0.717, 1.165) is 18.4 Å². The number of imide groups is 1. The number of hydrogen-bond donors (Lipinski definition) is 0. The van der Waals surface area contributed by atoms with E-state index in [0.29, 0.717) is 28.1 Å². The molecule has 3 amide bonds.